The fraction of sp³-hybridized carbons (Fsp3) is 0.562. The van der Waals surface area contributed by atoms with Crippen LogP contribution in [0.1, 0.15) is 31.2 Å². The molecule has 4 heteroatoms. The van der Waals surface area contributed by atoms with E-state index in [4.69, 9.17) is 9.47 Å². The van der Waals surface area contributed by atoms with Gasteiger partial charge in [-0.25, -0.2) is 0 Å². The first-order valence-corrected chi connectivity index (χ1v) is 7.46. The Hall–Kier alpha value is -1.71. The fourth-order valence-electron chi connectivity index (χ4n) is 3.94. The number of rotatable bonds is 3. The number of amides is 1. The van der Waals surface area contributed by atoms with E-state index in [0.29, 0.717) is 12.5 Å². The van der Waals surface area contributed by atoms with Gasteiger partial charge in [0.15, 0.2) is 11.5 Å². The Kier molecular flexibility index (Phi) is 2.83. The van der Waals surface area contributed by atoms with Gasteiger partial charge >= 0.3 is 0 Å². The molecule has 3 unspecified atom stereocenters. The van der Waals surface area contributed by atoms with Gasteiger partial charge in [-0.3, -0.25) is 4.79 Å². The van der Waals surface area contributed by atoms with Gasteiger partial charge in [-0.05, 0) is 48.8 Å². The van der Waals surface area contributed by atoms with Gasteiger partial charge in [-0.15, -0.1) is 0 Å². The summed E-state index contributed by atoms with van der Waals surface area (Å²) < 4.78 is 10.6. The molecule has 2 saturated carbocycles. The molecular formula is C16H19NO3. The van der Waals surface area contributed by atoms with E-state index in [-0.39, 0.29) is 18.6 Å². The van der Waals surface area contributed by atoms with E-state index in [2.05, 4.69) is 5.32 Å². The van der Waals surface area contributed by atoms with Crippen molar-refractivity contribution in [3.63, 3.8) is 0 Å². The number of ether oxygens (including phenoxy) is 2. The summed E-state index contributed by atoms with van der Waals surface area (Å²) in [5, 5.41) is 3.08. The lowest BCUT2D eigenvalue weighted by molar-refractivity contribution is -0.126. The maximum Gasteiger partial charge on any atom is 0.231 e. The number of hydrogen-bond acceptors (Lipinski definition) is 3. The molecule has 2 bridgehead atoms. The van der Waals surface area contributed by atoms with Crippen molar-refractivity contribution in [3.8, 4) is 11.5 Å². The Morgan fingerprint density at radius 1 is 1.20 bits per heavy atom. The number of fused-ring (bicyclic) bond motifs is 3. The molecule has 1 aromatic rings. The second-order valence-corrected chi connectivity index (χ2v) is 6.19. The molecule has 1 aromatic carbocycles. The fourth-order valence-corrected chi connectivity index (χ4v) is 3.94. The number of nitrogens with one attached hydrogen (secondary N) is 1. The average Bonchev–Trinajstić information content (AvgIpc) is 3.19. The summed E-state index contributed by atoms with van der Waals surface area (Å²) in [7, 11) is 0. The molecule has 0 saturated heterocycles. The van der Waals surface area contributed by atoms with Gasteiger partial charge in [-0.1, -0.05) is 12.5 Å². The van der Waals surface area contributed by atoms with E-state index >= 15 is 0 Å². The molecule has 0 aromatic heterocycles. The van der Waals surface area contributed by atoms with Crippen LogP contribution in [0.2, 0.25) is 0 Å². The predicted octanol–water partition coefficient (Wildman–Crippen LogP) is 2.47. The first-order chi connectivity index (χ1) is 9.79. The van der Waals surface area contributed by atoms with Crippen molar-refractivity contribution >= 4 is 5.91 Å². The molecule has 106 valence electrons. The van der Waals surface area contributed by atoms with Gasteiger partial charge in [0, 0.05) is 12.5 Å². The van der Waals surface area contributed by atoms with Crippen LogP contribution in [0.15, 0.2) is 18.2 Å². The summed E-state index contributed by atoms with van der Waals surface area (Å²) in [6.07, 6.45) is 4.93. The third-order valence-electron chi connectivity index (χ3n) is 4.98. The molecule has 1 heterocycles. The largest absolute Gasteiger partial charge is 0.454 e. The Morgan fingerprint density at radius 2 is 2.10 bits per heavy atom. The van der Waals surface area contributed by atoms with E-state index in [0.717, 1.165) is 29.4 Å². The highest BCUT2D eigenvalue weighted by atomic mass is 16.7. The maximum atomic E-state index is 12.3. The maximum absolute atomic E-state index is 12.3. The quantitative estimate of drug-likeness (QED) is 0.920. The zero-order valence-electron chi connectivity index (χ0n) is 11.4. The monoisotopic (exact) mass is 273 g/mol. The van der Waals surface area contributed by atoms with Crippen LogP contribution in [-0.4, -0.2) is 12.7 Å². The molecule has 1 N–H and O–H groups in total. The van der Waals surface area contributed by atoms with Crippen molar-refractivity contribution in [1.82, 2.24) is 5.32 Å². The van der Waals surface area contributed by atoms with Gasteiger partial charge in [0.05, 0.1) is 0 Å². The lowest BCUT2D eigenvalue weighted by Gasteiger charge is -2.20. The van der Waals surface area contributed by atoms with E-state index in [1.807, 2.05) is 18.2 Å². The minimum absolute atomic E-state index is 0.231. The lowest BCUT2D eigenvalue weighted by atomic mass is 9.88. The molecular weight excluding hydrogens is 254 g/mol. The minimum Gasteiger partial charge on any atom is -0.454 e. The summed E-state index contributed by atoms with van der Waals surface area (Å²) in [4.78, 5) is 12.3. The number of benzene rings is 1. The van der Waals surface area contributed by atoms with Crippen molar-refractivity contribution in [2.75, 3.05) is 6.79 Å². The molecule has 4 rings (SSSR count). The topological polar surface area (TPSA) is 47.6 Å². The summed E-state index contributed by atoms with van der Waals surface area (Å²) in [5.74, 6) is 3.49. The van der Waals surface area contributed by atoms with Crippen molar-refractivity contribution in [2.24, 2.45) is 17.8 Å². The average molecular weight is 273 g/mol. The normalized spacial score (nSPS) is 29.7. The van der Waals surface area contributed by atoms with Gasteiger partial charge in [0.1, 0.15) is 0 Å². The van der Waals surface area contributed by atoms with E-state index in [9.17, 15) is 4.79 Å². The molecule has 2 aliphatic carbocycles. The van der Waals surface area contributed by atoms with E-state index in [1.165, 1.54) is 19.3 Å². The first kappa shape index (κ1) is 12.1. The van der Waals surface area contributed by atoms with Crippen LogP contribution in [0.5, 0.6) is 11.5 Å². The molecule has 3 atom stereocenters. The smallest absolute Gasteiger partial charge is 0.231 e. The molecule has 0 radical (unpaired) electrons. The standard InChI is InChI=1S/C16H19NO3/c18-16(13-6-10-1-3-12(13)5-10)17-8-11-2-4-14-15(7-11)20-9-19-14/h2,4,7,10,12-13H,1,3,5-6,8-9H2,(H,17,18). The van der Waals surface area contributed by atoms with Crippen LogP contribution in [0.25, 0.3) is 0 Å². The summed E-state index contributed by atoms with van der Waals surface area (Å²) in [6.45, 7) is 0.861. The first-order valence-electron chi connectivity index (χ1n) is 7.46. The molecule has 4 nitrogen and oxygen atoms in total. The summed E-state index contributed by atoms with van der Waals surface area (Å²) in [5.41, 5.74) is 1.06. The molecule has 1 amide bonds. The van der Waals surface area contributed by atoms with Gasteiger partial charge in [0.2, 0.25) is 12.7 Å². The van der Waals surface area contributed by atoms with Gasteiger partial charge in [-0.2, -0.15) is 0 Å². The van der Waals surface area contributed by atoms with Crippen LogP contribution in [0.4, 0.5) is 0 Å². The van der Waals surface area contributed by atoms with Crippen molar-refractivity contribution in [2.45, 2.75) is 32.2 Å². The zero-order chi connectivity index (χ0) is 13.5. The van der Waals surface area contributed by atoms with E-state index in [1.54, 1.807) is 0 Å². The molecule has 3 aliphatic rings. The summed E-state index contributed by atoms with van der Waals surface area (Å²) in [6, 6.07) is 5.83. The van der Waals surface area contributed by atoms with Crippen LogP contribution in [0.3, 0.4) is 0 Å². The van der Waals surface area contributed by atoms with E-state index < -0.39 is 0 Å². The second-order valence-electron chi connectivity index (χ2n) is 6.19. The lowest BCUT2D eigenvalue weighted by Crippen LogP contribution is -2.33. The number of carbonyl (C=O) groups excluding carboxylic acids is 1. The van der Waals surface area contributed by atoms with Crippen LogP contribution < -0.4 is 14.8 Å². The van der Waals surface area contributed by atoms with Gasteiger partial charge in [0.25, 0.3) is 0 Å². The minimum atomic E-state index is 0.231. The Labute approximate surface area is 118 Å². The van der Waals surface area contributed by atoms with Crippen molar-refractivity contribution < 1.29 is 14.3 Å². The SMILES string of the molecule is O=C(NCc1ccc2c(c1)OCO2)C1CC2CCC1C2. The zero-order valence-corrected chi connectivity index (χ0v) is 11.4. The van der Waals surface area contributed by atoms with Gasteiger partial charge < -0.3 is 14.8 Å². The Morgan fingerprint density at radius 3 is 2.90 bits per heavy atom. The van der Waals surface area contributed by atoms with Crippen LogP contribution >= 0.6 is 0 Å². The molecule has 20 heavy (non-hydrogen) atoms. The predicted molar refractivity (Wildman–Crippen MR) is 73.3 cm³/mol. The Bertz CT molecular complexity index is 543. The third kappa shape index (κ3) is 2.03. The highest BCUT2D eigenvalue weighted by molar-refractivity contribution is 5.79. The third-order valence-corrected chi connectivity index (χ3v) is 4.98. The highest BCUT2D eigenvalue weighted by Crippen LogP contribution is 2.48. The van der Waals surface area contributed by atoms with Crippen LogP contribution in [-0.2, 0) is 11.3 Å². The summed E-state index contributed by atoms with van der Waals surface area (Å²) >= 11 is 0. The molecule has 2 fully saturated rings. The molecule has 0 spiro atoms. The van der Waals surface area contributed by atoms with Crippen molar-refractivity contribution in [3.05, 3.63) is 23.8 Å². The van der Waals surface area contributed by atoms with Crippen LogP contribution in [0, 0.1) is 17.8 Å². The Balaban J connectivity index is 1.37. The molecule has 1 aliphatic heterocycles. The highest BCUT2D eigenvalue weighted by Gasteiger charge is 2.42. The number of hydrogen-bond donors (Lipinski definition) is 1. The van der Waals surface area contributed by atoms with Crippen molar-refractivity contribution in [1.29, 1.82) is 0 Å². The number of carbonyl (C=O) groups is 1. The second kappa shape index (κ2) is 4.69.